The van der Waals surface area contributed by atoms with Crippen LogP contribution in [-0.4, -0.2) is 20.8 Å². The molecule has 18 heavy (non-hydrogen) atoms. The molecule has 0 amide bonds. The lowest BCUT2D eigenvalue weighted by Crippen LogP contribution is -2.41. The molecule has 1 fully saturated rings. The number of methoxy groups -OCH3 is 2. The standard InChI is InChI=1S/C14H20ClNO2/c1-9-11(17-2)7-10(13(18-3)12(9)15)14(8-16)5-4-6-14/h7H,4-6,8,16H2,1-3H3. The van der Waals surface area contributed by atoms with Crippen molar-refractivity contribution in [3.05, 3.63) is 22.2 Å². The van der Waals surface area contributed by atoms with E-state index in [0.29, 0.717) is 11.6 Å². The monoisotopic (exact) mass is 269 g/mol. The van der Waals surface area contributed by atoms with E-state index in [4.69, 9.17) is 26.8 Å². The van der Waals surface area contributed by atoms with Crippen LogP contribution in [-0.2, 0) is 5.41 Å². The number of hydrogen-bond acceptors (Lipinski definition) is 3. The molecular weight excluding hydrogens is 250 g/mol. The van der Waals surface area contributed by atoms with E-state index in [1.807, 2.05) is 13.0 Å². The summed E-state index contributed by atoms with van der Waals surface area (Å²) in [5.41, 5.74) is 7.97. The van der Waals surface area contributed by atoms with Crippen LogP contribution in [0.25, 0.3) is 0 Å². The molecule has 0 radical (unpaired) electrons. The SMILES string of the molecule is COc1cc(C2(CN)CCC2)c(OC)c(Cl)c1C. The van der Waals surface area contributed by atoms with Gasteiger partial charge in [-0.1, -0.05) is 18.0 Å². The van der Waals surface area contributed by atoms with Gasteiger partial charge >= 0.3 is 0 Å². The molecule has 1 aromatic carbocycles. The van der Waals surface area contributed by atoms with Crippen LogP contribution < -0.4 is 15.2 Å². The molecule has 0 saturated heterocycles. The molecule has 100 valence electrons. The topological polar surface area (TPSA) is 44.5 Å². The number of hydrogen-bond donors (Lipinski definition) is 1. The molecule has 0 unspecified atom stereocenters. The highest BCUT2D eigenvalue weighted by molar-refractivity contribution is 6.33. The first-order chi connectivity index (χ1) is 8.59. The number of halogens is 1. The summed E-state index contributed by atoms with van der Waals surface area (Å²) in [5.74, 6) is 1.55. The highest BCUT2D eigenvalue weighted by atomic mass is 35.5. The van der Waals surface area contributed by atoms with Crippen molar-refractivity contribution in [2.75, 3.05) is 20.8 Å². The Morgan fingerprint density at radius 1 is 1.33 bits per heavy atom. The summed E-state index contributed by atoms with van der Waals surface area (Å²) in [6, 6.07) is 2.03. The van der Waals surface area contributed by atoms with Crippen LogP contribution in [0.3, 0.4) is 0 Å². The molecule has 0 aromatic heterocycles. The third-order valence-electron chi connectivity index (χ3n) is 4.12. The van der Waals surface area contributed by atoms with Crippen molar-refractivity contribution < 1.29 is 9.47 Å². The maximum Gasteiger partial charge on any atom is 0.141 e. The zero-order valence-electron chi connectivity index (χ0n) is 11.2. The Morgan fingerprint density at radius 2 is 2.00 bits per heavy atom. The van der Waals surface area contributed by atoms with Gasteiger partial charge < -0.3 is 15.2 Å². The molecule has 0 atom stereocenters. The Labute approximate surface area is 113 Å². The van der Waals surface area contributed by atoms with E-state index in [9.17, 15) is 0 Å². The normalized spacial score (nSPS) is 17.2. The van der Waals surface area contributed by atoms with Gasteiger partial charge in [-0.2, -0.15) is 0 Å². The van der Waals surface area contributed by atoms with E-state index in [1.54, 1.807) is 14.2 Å². The van der Waals surface area contributed by atoms with Crippen molar-refractivity contribution in [1.82, 2.24) is 0 Å². The Morgan fingerprint density at radius 3 is 2.39 bits per heavy atom. The third-order valence-corrected chi connectivity index (χ3v) is 4.57. The van der Waals surface area contributed by atoms with Crippen molar-refractivity contribution in [1.29, 1.82) is 0 Å². The van der Waals surface area contributed by atoms with E-state index in [0.717, 1.165) is 35.5 Å². The van der Waals surface area contributed by atoms with Crippen LogP contribution in [0, 0.1) is 6.92 Å². The van der Waals surface area contributed by atoms with Crippen LogP contribution in [0.2, 0.25) is 5.02 Å². The first kappa shape index (κ1) is 13.5. The second-order valence-corrected chi connectivity index (χ2v) is 5.31. The lowest BCUT2D eigenvalue weighted by atomic mass is 9.64. The van der Waals surface area contributed by atoms with Crippen LogP contribution >= 0.6 is 11.6 Å². The minimum atomic E-state index is 0.00988. The largest absolute Gasteiger partial charge is 0.496 e. The third kappa shape index (κ3) is 1.86. The van der Waals surface area contributed by atoms with Gasteiger partial charge in [0.05, 0.1) is 19.2 Å². The fourth-order valence-corrected chi connectivity index (χ4v) is 2.97. The minimum absolute atomic E-state index is 0.00988. The Bertz CT molecular complexity index is 450. The first-order valence-corrected chi connectivity index (χ1v) is 6.59. The fourth-order valence-electron chi connectivity index (χ4n) is 2.69. The van der Waals surface area contributed by atoms with Gasteiger partial charge in [0, 0.05) is 23.1 Å². The Kier molecular flexibility index (Phi) is 3.74. The highest BCUT2D eigenvalue weighted by Crippen LogP contribution is 2.50. The van der Waals surface area contributed by atoms with E-state index >= 15 is 0 Å². The molecule has 0 aliphatic heterocycles. The molecule has 1 saturated carbocycles. The number of benzene rings is 1. The summed E-state index contributed by atoms with van der Waals surface area (Å²) in [6.07, 6.45) is 3.37. The van der Waals surface area contributed by atoms with E-state index in [1.165, 1.54) is 6.42 Å². The molecule has 0 heterocycles. The maximum absolute atomic E-state index is 6.38. The van der Waals surface area contributed by atoms with Gasteiger partial charge in [-0.3, -0.25) is 0 Å². The van der Waals surface area contributed by atoms with Gasteiger partial charge in [0.15, 0.2) is 0 Å². The van der Waals surface area contributed by atoms with Crippen LogP contribution in [0.1, 0.15) is 30.4 Å². The quantitative estimate of drug-likeness (QED) is 0.914. The van der Waals surface area contributed by atoms with Crippen LogP contribution in [0.15, 0.2) is 6.07 Å². The fraction of sp³-hybridized carbons (Fsp3) is 0.571. The minimum Gasteiger partial charge on any atom is -0.496 e. The molecule has 2 rings (SSSR count). The lowest BCUT2D eigenvalue weighted by molar-refractivity contribution is 0.242. The predicted molar refractivity (Wildman–Crippen MR) is 73.9 cm³/mol. The molecule has 1 aliphatic rings. The van der Waals surface area contributed by atoms with E-state index in [-0.39, 0.29) is 5.41 Å². The number of ether oxygens (including phenoxy) is 2. The Balaban J connectivity index is 2.61. The van der Waals surface area contributed by atoms with Gasteiger partial charge in [0.25, 0.3) is 0 Å². The Hall–Kier alpha value is -0.930. The zero-order valence-corrected chi connectivity index (χ0v) is 11.9. The van der Waals surface area contributed by atoms with Crippen LogP contribution in [0.4, 0.5) is 0 Å². The average Bonchev–Trinajstić information content (AvgIpc) is 2.33. The summed E-state index contributed by atoms with van der Waals surface area (Å²) >= 11 is 6.38. The average molecular weight is 270 g/mol. The van der Waals surface area contributed by atoms with Gasteiger partial charge in [-0.15, -0.1) is 0 Å². The molecule has 4 heteroatoms. The summed E-state index contributed by atoms with van der Waals surface area (Å²) < 4.78 is 10.9. The summed E-state index contributed by atoms with van der Waals surface area (Å²) in [4.78, 5) is 0. The van der Waals surface area contributed by atoms with Crippen molar-refractivity contribution in [3.8, 4) is 11.5 Å². The second kappa shape index (κ2) is 4.98. The summed E-state index contributed by atoms with van der Waals surface area (Å²) in [6.45, 7) is 2.55. The number of rotatable bonds is 4. The molecule has 2 N–H and O–H groups in total. The van der Waals surface area contributed by atoms with Gasteiger partial charge in [-0.05, 0) is 25.8 Å². The molecule has 1 aromatic rings. The molecular formula is C14H20ClNO2. The first-order valence-electron chi connectivity index (χ1n) is 6.21. The summed E-state index contributed by atoms with van der Waals surface area (Å²) in [5, 5.41) is 0.631. The van der Waals surface area contributed by atoms with Gasteiger partial charge in [0.2, 0.25) is 0 Å². The molecule has 1 aliphatic carbocycles. The smallest absolute Gasteiger partial charge is 0.141 e. The maximum atomic E-state index is 6.38. The molecule has 0 bridgehead atoms. The zero-order chi connectivity index (χ0) is 13.3. The van der Waals surface area contributed by atoms with E-state index in [2.05, 4.69) is 0 Å². The predicted octanol–water partition coefficient (Wildman–Crippen LogP) is 3.05. The van der Waals surface area contributed by atoms with Crippen LogP contribution in [0.5, 0.6) is 11.5 Å². The summed E-state index contributed by atoms with van der Waals surface area (Å²) in [7, 11) is 3.31. The highest BCUT2D eigenvalue weighted by Gasteiger charge is 2.40. The lowest BCUT2D eigenvalue weighted by Gasteiger charge is -2.42. The van der Waals surface area contributed by atoms with E-state index < -0.39 is 0 Å². The van der Waals surface area contributed by atoms with Crippen molar-refractivity contribution in [2.45, 2.75) is 31.6 Å². The number of nitrogens with two attached hydrogens (primary N) is 1. The van der Waals surface area contributed by atoms with Crippen molar-refractivity contribution in [2.24, 2.45) is 5.73 Å². The van der Waals surface area contributed by atoms with Gasteiger partial charge in [0.1, 0.15) is 11.5 Å². The molecule has 3 nitrogen and oxygen atoms in total. The van der Waals surface area contributed by atoms with Crippen molar-refractivity contribution >= 4 is 11.6 Å². The molecule has 0 spiro atoms. The van der Waals surface area contributed by atoms with Gasteiger partial charge in [-0.25, -0.2) is 0 Å². The van der Waals surface area contributed by atoms with Crippen molar-refractivity contribution in [3.63, 3.8) is 0 Å². The second-order valence-electron chi connectivity index (χ2n) is 4.94.